The van der Waals surface area contributed by atoms with Gasteiger partial charge in [-0.05, 0) is 42.3 Å². The van der Waals surface area contributed by atoms with Crippen molar-refractivity contribution in [1.82, 2.24) is 4.98 Å². The van der Waals surface area contributed by atoms with Crippen LogP contribution in [0.1, 0.15) is 16.7 Å². The average molecular weight is 392 g/mol. The zero-order valence-electron chi connectivity index (χ0n) is 16.0. The zero-order valence-corrected chi connectivity index (χ0v) is 16.0. The van der Waals surface area contributed by atoms with Crippen LogP contribution in [-0.2, 0) is 6.61 Å². The van der Waals surface area contributed by atoms with E-state index in [1.54, 1.807) is 19.4 Å². The molecule has 0 saturated heterocycles. The van der Waals surface area contributed by atoms with Crippen LogP contribution in [0.5, 0.6) is 11.5 Å². The van der Waals surface area contributed by atoms with E-state index in [0.717, 1.165) is 11.1 Å². The number of pyridine rings is 1. The molecule has 0 bridgehead atoms. The van der Waals surface area contributed by atoms with Crippen molar-refractivity contribution in [3.8, 4) is 11.5 Å². The van der Waals surface area contributed by atoms with E-state index in [1.165, 1.54) is 23.9 Å². The summed E-state index contributed by atoms with van der Waals surface area (Å²) in [6.45, 7) is 2.48. The standard InChI is InChI=1S/C21H20N4O4/c1-15-4-3-5-17(10-15)14-29-19-8-6-16(11-20(19)28-2)12-23-24-21-9-7-18(13-22-21)25(26)27/h3-13H,14H2,1-2H3,(H,22,24)/b23-12+. The van der Waals surface area contributed by atoms with Gasteiger partial charge >= 0.3 is 0 Å². The van der Waals surface area contributed by atoms with Crippen LogP contribution in [0, 0.1) is 17.0 Å². The summed E-state index contributed by atoms with van der Waals surface area (Å²) < 4.78 is 11.3. The summed E-state index contributed by atoms with van der Waals surface area (Å²) in [5.74, 6) is 1.63. The second-order valence-electron chi connectivity index (χ2n) is 6.22. The Balaban J connectivity index is 1.63. The highest BCUT2D eigenvalue weighted by atomic mass is 16.6. The fraction of sp³-hybridized carbons (Fsp3) is 0.143. The molecule has 0 aliphatic carbocycles. The van der Waals surface area contributed by atoms with Crippen LogP contribution < -0.4 is 14.9 Å². The third kappa shape index (κ3) is 5.52. The Morgan fingerprint density at radius 3 is 2.72 bits per heavy atom. The monoisotopic (exact) mass is 392 g/mol. The molecule has 1 heterocycles. The summed E-state index contributed by atoms with van der Waals surface area (Å²) in [4.78, 5) is 14.1. The molecule has 2 aromatic carbocycles. The van der Waals surface area contributed by atoms with Gasteiger partial charge in [0.15, 0.2) is 11.5 Å². The van der Waals surface area contributed by atoms with Crippen molar-refractivity contribution in [2.75, 3.05) is 12.5 Å². The lowest BCUT2D eigenvalue weighted by Crippen LogP contribution is -1.99. The Labute approximate surface area is 168 Å². The number of nitrogens with zero attached hydrogens (tertiary/aromatic N) is 3. The number of hydrogen-bond acceptors (Lipinski definition) is 7. The van der Waals surface area contributed by atoms with Crippen molar-refractivity contribution in [2.24, 2.45) is 5.10 Å². The normalized spacial score (nSPS) is 10.7. The maximum absolute atomic E-state index is 10.6. The van der Waals surface area contributed by atoms with Crippen molar-refractivity contribution in [3.63, 3.8) is 0 Å². The maximum atomic E-state index is 10.6. The minimum Gasteiger partial charge on any atom is -0.493 e. The Morgan fingerprint density at radius 1 is 1.17 bits per heavy atom. The van der Waals surface area contributed by atoms with Gasteiger partial charge in [-0.25, -0.2) is 4.98 Å². The molecule has 148 valence electrons. The number of methoxy groups -OCH3 is 1. The molecular formula is C21H20N4O4. The van der Waals surface area contributed by atoms with E-state index in [4.69, 9.17) is 9.47 Å². The average Bonchev–Trinajstić information content (AvgIpc) is 2.73. The fourth-order valence-electron chi connectivity index (χ4n) is 2.58. The molecule has 8 heteroatoms. The van der Waals surface area contributed by atoms with Crippen LogP contribution in [0.4, 0.5) is 11.5 Å². The Bertz CT molecular complexity index is 1020. The zero-order chi connectivity index (χ0) is 20.6. The van der Waals surface area contributed by atoms with Crippen molar-refractivity contribution >= 4 is 17.7 Å². The summed E-state index contributed by atoms with van der Waals surface area (Å²) in [6.07, 6.45) is 2.76. The quantitative estimate of drug-likeness (QED) is 0.348. The molecule has 0 fully saturated rings. The number of hydrazone groups is 1. The number of aryl methyl sites for hydroxylation is 1. The van der Waals surface area contributed by atoms with Crippen LogP contribution in [-0.4, -0.2) is 23.2 Å². The van der Waals surface area contributed by atoms with Crippen molar-refractivity contribution in [3.05, 3.63) is 87.6 Å². The third-order valence-corrected chi connectivity index (χ3v) is 4.02. The van der Waals surface area contributed by atoms with Crippen LogP contribution in [0.25, 0.3) is 0 Å². The molecule has 0 aliphatic heterocycles. The van der Waals surface area contributed by atoms with Gasteiger partial charge in [0.05, 0.1) is 18.2 Å². The first-order valence-corrected chi connectivity index (χ1v) is 8.81. The number of nitrogens with one attached hydrogen (secondary N) is 1. The van der Waals surface area contributed by atoms with Gasteiger partial charge in [-0.1, -0.05) is 29.8 Å². The van der Waals surface area contributed by atoms with Crippen molar-refractivity contribution < 1.29 is 14.4 Å². The number of hydrogen-bond donors (Lipinski definition) is 1. The number of nitro groups is 1. The van der Waals surface area contributed by atoms with E-state index in [9.17, 15) is 10.1 Å². The topological polar surface area (TPSA) is 98.9 Å². The van der Waals surface area contributed by atoms with Gasteiger partial charge in [0.1, 0.15) is 18.6 Å². The summed E-state index contributed by atoms with van der Waals surface area (Å²) in [5.41, 5.74) is 5.70. The van der Waals surface area contributed by atoms with E-state index >= 15 is 0 Å². The lowest BCUT2D eigenvalue weighted by atomic mass is 10.1. The summed E-state index contributed by atoms with van der Waals surface area (Å²) in [5, 5.41) is 14.7. The molecule has 0 unspecified atom stereocenters. The molecule has 1 aromatic heterocycles. The molecule has 0 aliphatic rings. The molecule has 29 heavy (non-hydrogen) atoms. The number of aromatic nitrogens is 1. The summed E-state index contributed by atoms with van der Waals surface area (Å²) >= 11 is 0. The highest BCUT2D eigenvalue weighted by Gasteiger charge is 2.07. The summed E-state index contributed by atoms with van der Waals surface area (Å²) in [7, 11) is 1.58. The Morgan fingerprint density at radius 2 is 2.03 bits per heavy atom. The van der Waals surface area contributed by atoms with E-state index in [1.807, 2.05) is 37.3 Å². The Kier molecular flexibility index (Phi) is 6.36. The van der Waals surface area contributed by atoms with Crippen LogP contribution in [0.15, 0.2) is 65.9 Å². The first-order valence-electron chi connectivity index (χ1n) is 8.81. The molecule has 0 amide bonds. The molecule has 8 nitrogen and oxygen atoms in total. The molecule has 3 aromatic rings. The van der Waals surface area contributed by atoms with Crippen molar-refractivity contribution in [1.29, 1.82) is 0 Å². The van der Waals surface area contributed by atoms with E-state index in [-0.39, 0.29) is 5.69 Å². The number of anilines is 1. The van der Waals surface area contributed by atoms with Gasteiger partial charge in [-0.3, -0.25) is 15.5 Å². The van der Waals surface area contributed by atoms with E-state index < -0.39 is 4.92 Å². The lowest BCUT2D eigenvalue weighted by molar-refractivity contribution is -0.385. The molecular weight excluding hydrogens is 372 g/mol. The van der Waals surface area contributed by atoms with Crippen LogP contribution >= 0.6 is 0 Å². The highest BCUT2D eigenvalue weighted by molar-refractivity contribution is 5.81. The Hall–Kier alpha value is -3.94. The van der Waals surface area contributed by atoms with Gasteiger partial charge in [-0.2, -0.15) is 5.10 Å². The van der Waals surface area contributed by atoms with Crippen molar-refractivity contribution in [2.45, 2.75) is 13.5 Å². The van der Waals surface area contributed by atoms with Gasteiger partial charge in [0, 0.05) is 6.07 Å². The smallest absolute Gasteiger partial charge is 0.287 e. The third-order valence-electron chi connectivity index (χ3n) is 4.02. The van der Waals surface area contributed by atoms with E-state index in [2.05, 4.69) is 21.6 Å². The molecule has 3 rings (SSSR count). The second-order valence-corrected chi connectivity index (χ2v) is 6.22. The van der Waals surface area contributed by atoms with Gasteiger partial charge in [0.2, 0.25) is 0 Å². The molecule has 0 spiro atoms. The minimum absolute atomic E-state index is 0.0782. The number of ether oxygens (including phenoxy) is 2. The first-order chi connectivity index (χ1) is 14.0. The maximum Gasteiger partial charge on any atom is 0.287 e. The second kappa shape index (κ2) is 9.32. The minimum atomic E-state index is -0.505. The van der Waals surface area contributed by atoms with Gasteiger partial charge < -0.3 is 9.47 Å². The largest absolute Gasteiger partial charge is 0.493 e. The highest BCUT2D eigenvalue weighted by Crippen LogP contribution is 2.28. The fourth-order valence-corrected chi connectivity index (χ4v) is 2.58. The lowest BCUT2D eigenvalue weighted by Gasteiger charge is -2.11. The summed E-state index contributed by atoms with van der Waals surface area (Å²) in [6, 6.07) is 16.4. The molecule has 0 atom stereocenters. The van der Waals surface area contributed by atoms with E-state index in [0.29, 0.717) is 23.9 Å². The number of rotatable bonds is 8. The van der Waals surface area contributed by atoms with Crippen LogP contribution in [0.3, 0.4) is 0 Å². The molecule has 0 saturated carbocycles. The predicted molar refractivity (Wildman–Crippen MR) is 111 cm³/mol. The van der Waals surface area contributed by atoms with Gasteiger partial charge in [0.25, 0.3) is 5.69 Å². The predicted octanol–water partition coefficient (Wildman–Crippen LogP) is 4.33. The van der Waals surface area contributed by atoms with Crippen LogP contribution in [0.2, 0.25) is 0 Å². The first kappa shape index (κ1) is 19.8. The SMILES string of the molecule is COc1cc(/C=N/Nc2ccc([N+](=O)[O-])cn2)ccc1OCc1cccc(C)c1. The van der Waals surface area contributed by atoms with Gasteiger partial charge in [-0.15, -0.1) is 0 Å². The number of benzene rings is 2. The molecule has 0 radical (unpaired) electrons. The molecule has 1 N–H and O–H groups in total.